The maximum atomic E-state index is 12.9. The normalized spacial score (nSPS) is 17.3. The summed E-state index contributed by atoms with van der Waals surface area (Å²) in [6, 6.07) is 5.45. The molecular weight excluding hydrogens is 432 g/mol. The molecule has 2 aliphatic rings. The molecule has 1 aromatic rings. The lowest BCUT2D eigenvalue weighted by Crippen LogP contribution is -2.46. The zero-order chi connectivity index (χ0) is 23.3. The molecule has 0 aromatic heterocycles. The maximum Gasteiger partial charge on any atom is 0.333 e. The molecule has 9 nitrogen and oxygen atoms in total. The van der Waals surface area contributed by atoms with Gasteiger partial charge in [-0.3, -0.25) is 9.69 Å². The molecule has 0 bridgehead atoms. The van der Waals surface area contributed by atoms with Gasteiger partial charge in [0.15, 0.2) is 0 Å². The summed E-state index contributed by atoms with van der Waals surface area (Å²) in [7, 11) is -1.02. The monoisotopic (exact) mass is 464 g/mol. The van der Waals surface area contributed by atoms with E-state index in [4.69, 9.17) is 0 Å². The van der Waals surface area contributed by atoms with E-state index in [0.717, 1.165) is 48.4 Å². The molecule has 0 unspecified atom stereocenters. The van der Waals surface area contributed by atoms with Crippen molar-refractivity contribution in [1.29, 1.82) is 0 Å². The van der Waals surface area contributed by atoms with Crippen LogP contribution in [0.1, 0.15) is 50.5 Å². The van der Waals surface area contributed by atoms with Crippen LogP contribution >= 0.6 is 0 Å². The fourth-order valence-corrected chi connectivity index (χ4v) is 5.32. The van der Waals surface area contributed by atoms with Crippen LogP contribution in [0, 0.1) is 0 Å². The van der Waals surface area contributed by atoms with E-state index >= 15 is 0 Å². The number of nitrogens with zero attached hydrogens (tertiary/aromatic N) is 3. The lowest BCUT2D eigenvalue weighted by atomic mass is 10.1. The average molecular weight is 465 g/mol. The Labute approximate surface area is 189 Å². The second-order valence-electron chi connectivity index (χ2n) is 8.43. The van der Waals surface area contributed by atoms with Gasteiger partial charge >= 0.3 is 12.1 Å². The van der Waals surface area contributed by atoms with Crippen LogP contribution in [0.3, 0.4) is 0 Å². The Balaban J connectivity index is 1.55. The lowest BCUT2D eigenvalue weighted by molar-refractivity contribution is -0.130. The van der Waals surface area contributed by atoms with E-state index in [1.165, 1.54) is 29.0 Å². The van der Waals surface area contributed by atoms with E-state index in [-0.39, 0.29) is 22.9 Å². The summed E-state index contributed by atoms with van der Waals surface area (Å²) in [5, 5.41) is 2.74. The van der Waals surface area contributed by atoms with Crippen molar-refractivity contribution in [3.63, 3.8) is 0 Å². The largest absolute Gasteiger partial charge is 0.337 e. The van der Waals surface area contributed by atoms with Crippen LogP contribution in [0.5, 0.6) is 0 Å². The number of benzene rings is 1. The minimum atomic E-state index is -3.96. The van der Waals surface area contributed by atoms with Gasteiger partial charge < -0.3 is 10.2 Å². The Bertz CT molecular complexity index is 942. The zero-order valence-corrected chi connectivity index (χ0v) is 19.6. The highest BCUT2D eigenvalue weighted by Gasteiger charge is 2.32. The molecule has 0 spiro atoms. The number of imide groups is 1. The van der Waals surface area contributed by atoms with Gasteiger partial charge in [-0.1, -0.05) is 25.0 Å². The molecule has 0 radical (unpaired) electrons. The smallest absolute Gasteiger partial charge is 0.333 e. The number of amides is 5. The number of nitrogens with one attached hydrogen (secondary N) is 1. The highest BCUT2D eigenvalue weighted by atomic mass is 32.2. The Morgan fingerprint density at radius 2 is 1.72 bits per heavy atom. The first-order chi connectivity index (χ1) is 15.2. The molecule has 1 N–H and O–H groups in total. The van der Waals surface area contributed by atoms with E-state index in [2.05, 4.69) is 5.32 Å². The molecule has 1 aliphatic carbocycles. The van der Waals surface area contributed by atoms with Gasteiger partial charge in [-0.25, -0.2) is 22.3 Å². The first-order valence-electron chi connectivity index (χ1n) is 11.1. The fraction of sp³-hybridized carbons (Fsp3) is 0.591. The van der Waals surface area contributed by atoms with E-state index in [1.54, 1.807) is 19.2 Å². The van der Waals surface area contributed by atoms with Crippen LogP contribution in [0.15, 0.2) is 29.2 Å². The van der Waals surface area contributed by atoms with Crippen molar-refractivity contribution in [2.75, 3.05) is 27.2 Å². The minimum absolute atomic E-state index is 0.0415. The number of urea groups is 2. The summed E-state index contributed by atoms with van der Waals surface area (Å²) in [4.78, 5) is 39.4. The molecule has 1 heterocycles. The second-order valence-corrected chi connectivity index (χ2v) is 10.4. The summed E-state index contributed by atoms with van der Waals surface area (Å²) in [5.41, 5.74) is 0.839. The molecule has 1 aliphatic heterocycles. The minimum Gasteiger partial charge on any atom is -0.337 e. The highest BCUT2D eigenvalue weighted by molar-refractivity contribution is 7.89. The molecule has 10 heteroatoms. The number of likely N-dealkylation sites (tertiary alicyclic amines) is 1. The summed E-state index contributed by atoms with van der Waals surface area (Å²) < 4.78 is 26.6. The number of rotatable bonds is 6. The Kier molecular flexibility index (Phi) is 7.76. The molecule has 5 amide bonds. The summed E-state index contributed by atoms with van der Waals surface area (Å²) in [6.45, 7) is 0.776. The number of hydrogen-bond donors (Lipinski definition) is 1. The molecule has 32 heavy (non-hydrogen) atoms. The van der Waals surface area contributed by atoms with Crippen LogP contribution in [-0.2, 0) is 21.2 Å². The van der Waals surface area contributed by atoms with Gasteiger partial charge in [-0.15, -0.1) is 0 Å². The van der Waals surface area contributed by atoms with Crippen molar-refractivity contribution in [3.05, 3.63) is 29.8 Å². The van der Waals surface area contributed by atoms with Gasteiger partial charge in [0, 0.05) is 39.6 Å². The first kappa shape index (κ1) is 24.0. The maximum absolute atomic E-state index is 12.9. The van der Waals surface area contributed by atoms with E-state index in [1.807, 2.05) is 0 Å². The quantitative estimate of drug-likeness (QED) is 0.696. The van der Waals surface area contributed by atoms with Crippen molar-refractivity contribution in [2.24, 2.45) is 0 Å². The van der Waals surface area contributed by atoms with E-state index in [0.29, 0.717) is 25.9 Å². The molecule has 3 rings (SSSR count). The van der Waals surface area contributed by atoms with Gasteiger partial charge in [-0.2, -0.15) is 0 Å². The van der Waals surface area contributed by atoms with Crippen molar-refractivity contribution >= 4 is 28.0 Å². The predicted octanol–water partition coefficient (Wildman–Crippen LogP) is 2.57. The highest BCUT2D eigenvalue weighted by Crippen LogP contribution is 2.24. The fourth-order valence-electron chi connectivity index (χ4n) is 4.19. The molecule has 1 saturated heterocycles. The molecule has 2 fully saturated rings. The summed E-state index contributed by atoms with van der Waals surface area (Å²) in [5.74, 6) is -0.152. The number of piperidine rings is 1. The van der Waals surface area contributed by atoms with Crippen LogP contribution in [0.25, 0.3) is 0 Å². The van der Waals surface area contributed by atoms with Gasteiger partial charge in [0.25, 0.3) is 10.0 Å². The third-order valence-corrected chi connectivity index (χ3v) is 8.03. The van der Waals surface area contributed by atoms with Crippen molar-refractivity contribution < 1.29 is 22.8 Å². The Hall–Kier alpha value is -2.62. The predicted molar refractivity (Wildman–Crippen MR) is 119 cm³/mol. The van der Waals surface area contributed by atoms with Gasteiger partial charge in [0.2, 0.25) is 5.91 Å². The molecule has 1 saturated carbocycles. The summed E-state index contributed by atoms with van der Waals surface area (Å²) in [6.07, 6.45) is 6.42. The third kappa shape index (κ3) is 5.40. The van der Waals surface area contributed by atoms with Gasteiger partial charge in [0.05, 0.1) is 4.90 Å². The topological polar surface area (TPSA) is 107 Å². The standard InChI is InChI=1S/C22H32N4O5S/c1-24(18-7-3-4-8-18)22(29)25(2)32(30,31)19-12-10-17(11-13-19)14-15-23-21(28)26-16-6-5-9-20(26)27/h10-13,18H,3-9,14-16H2,1-2H3,(H,23,28). The van der Waals surface area contributed by atoms with Crippen molar-refractivity contribution in [1.82, 2.24) is 19.4 Å². The molecular formula is C22H32N4O5S. The van der Waals surface area contributed by atoms with Crippen LogP contribution in [0.4, 0.5) is 9.59 Å². The number of carbonyl (C=O) groups excluding carboxylic acids is 3. The van der Waals surface area contributed by atoms with Crippen LogP contribution in [-0.4, -0.2) is 73.7 Å². The van der Waals surface area contributed by atoms with Crippen molar-refractivity contribution in [2.45, 2.75) is 62.3 Å². The zero-order valence-electron chi connectivity index (χ0n) is 18.7. The van der Waals surface area contributed by atoms with Gasteiger partial charge in [0.1, 0.15) is 0 Å². The van der Waals surface area contributed by atoms with E-state index < -0.39 is 16.1 Å². The average Bonchev–Trinajstić information content (AvgIpc) is 3.33. The second kappa shape index (κ2) is 10.3. The third-order valence-electron chi connectivity index (χ3n) is 6.28. The van der Waals surface area contributed by atoms with Gasteiger partial charge in [-0.05, 0) is 49.8 Å². The summed E-state index contributed by atoms with van der Waals surface area (Å²) >= 11 is 0. The van der Waals surface area contributed by atoms with Crippen LogP contribution < -0.4 is 5.32 Å². The molecule has 176 valence electrons. The Morgan fingerprint density at radius 3 is 2.34 bits per heavy atom. The number of hydrogen-bond acceptors (Lipinski definition) is 5. The molecule has 0 atom stereocenters. The Morgan fingerprint density at radius 1 is 1.06 bits per heavy atom. The van der Waals surface area contributed by atoms with E-state index in [9.17, 15) is 22.8 Å². The number of carbonyl (C=O) groups is 3. The number of sulfonamides is 1. The van der Waals surface area contributed by atoms with Crippen LogP contribution in [0.2, 0.25) is 0 Å². The molecule has 1 aromatic carbocycles. The van der Waals surface area contributed by atoms with Crippen molar-refractivity contribution in [3.8, 4) is 0 Å². The first-order valence-corrected chi connectivity index (χ1v) is 12.6. The SMILES string of the molecule is CN(C(=O)N(C)S(=O)(=O)c1ccc(CCNC(=O)N2CCCCC2=O)cc1)C1CCCC1. The lowest BCUT2D eigenvalue weighted by Gasteiger charge is -2.29.